The number of fused-ring (bicyclic) bond motifs is 1. The second-order valence-corrected chi connectivity index (χ2v) is 9.14. The van der Waals surface area contributed by atoms with Crippen LogP contribution in [-0.4, -0.2) is 49.2 Å². The monoisotopic (exact) mass is 346 g/mol. The molecule has 0 aromatic carbocycles. The van der Waals surface area contributed by atoms with Gasteiger partial charge in [0.15, 0.2) is 11.5 Å². The third-order valence-corrected chi connectivity index (χ3v) is 4.64. The van der Waals surface area contributed by atoms with Crippen molar-refractivity contribution < 1.29 is 4.74 Å². The quantitative estimate of drug-likeness (QED) is 0.900. The average molecular weight is 346 g/mol. The Balaban J connectivity index is 1.94. The summed E-state index contributed by atoms with van der Waals surface area (Å²) in [6.07, 6.45) is 4.27. The van der Waals surface area contributed by atoms with Crippen LogP contribution in [0.5, 0.6) is 0 Å². The lowest BCUT2D eigenvalue weighted by Gasteiger charge is -2.46. The Hall–Kier alpha value is -1.73. The minimum absolute atomic E-state index is 0.0720. The molecule has 3 heterocycles. The molecule has 2 aromatic rings. The van der Waals surface area contributed by atoms with E-state index in [1.807, 2.05) is 4.57 Å². The van der Waals surface area contributed by atoms with Crippen molar-refractivity contribution in [3.05, 3.63) is 12.7 Å². The molecular formula is C18H30N6O. The lowest BCUT2D eigenvalue weighted by Crippen LogP contribution is -2.53. The number of ether oxygens (including phenoxy) is 1. The van der Waals surface area contributed by atoms with Crippen molar-refractivity contribution in [1.82, 2.24) is 24.4 Å². The fraction of sp³-hybridized carbons (Fsp3) is 0.722. The topological polar surface area (TPSA) is 82.1 Å². The number of imidazole rings is 1. The molecule has 0 aliphatic carbocycles. The Morgan fingerprint density at radius 1 is 1.12 bits per heavy atom. The Labute approximate surface area is 149 Å². The van der Waals surface area contributed by atoms with Gasteiger partial charge in [-0.3, -0.25) is 9.47 Å². The van der Waals surface area contributed by atoms with Crippen LogP contribution in [0.3, 0.4) is 0 Å². The van der Waals surface area contributed by atoms with Crippen LogP contribution < -0.4 is 5.73 Å². The molecule has 2 aromatic heterocycles. The van der Waals surface area contributed by atoms with Crippen molar-refractivity contribution in [2.75, 3.05) is 18.8 Å². The summed E-state index contributed by atoms with van der Waals surface area (Å²) < 4.78 is 8.45. The van der Waals surface area contributed by atoms with Gasteiger partial charge in [0, 0.05) is 18.6 Å². The molecule has 25 heavy (non-hydrogen) atoms. The lowest BCUT2D eigenvalue weighted by molar-refractivity contribution is -0.147. The number of hydrogen-bond donors (Lipinski definition) is 1. The first kappa shape index (κ1) is 18.1. The molecule has 138 valence electrons. The summed E-state index contributed by atoms with van der Waals surface area (Å²) in [6.45, 7) is 15.2. The maximum Gasteiger partial charge on any atom is 0.167 e. The van der Waals surface area contributed by atoms with Crippen molar-refractivity contribution in [3.63, 3.8) is 0 Å². The molecule has 7 nitrogen and oxygen atoms in total. The van der Waals surface area contributed by atoms with Gasteiger partial charge < -0.3 is 10.5 Å². The van der Waals surface area contributed by atoms with Crippen LogP contribution in [-0.2, 0) is 4.74 Å². The summed E-state index contributed by atoms with van der Waals surface area (Å²) in [4.78, 5) is 15.3. The molecule has 0 unspecified atom stereocenters. The standard InChI is InChI=1S/C18H30N6O/c1-17(2,3)7-12-8-23(18(4,5)6)9-13(25-12)24-11-22-14-15(19)20-10-21-16(14)24/h10-13H,7-9H2,1-6H3,(H2,19,20,21)/t12-,13-/m1/s1. The smallest absolute Gasteiger partial charge is 0.167 e. The molecule has 1 aliphatic rings. The number of morpholine rings is 1. The zero-order valence-corrected chi connectivity index (χ0v) is 16.2. The molecular weight excluding hydrogens is 316 g/mol. The maximum absolute atomic E-state index is 6.46. The third kappa shape index (κ3) is 3.93. The fourth-order valence-electron chi connectivity index (χ4n) is 3.39. The number of rotatable bonds is 2. The van der Waals surface area contributed by atoms with Gasteiger partial charge in [-0.1, -0.05) is 20.8 Å². The highest BCUT2D eigenvalue weighted by molar-refractivity contribution is 5.81. The highest BCUT2D eigenvalue weighted by Gasteiger charge is 2.36. The van der Waals surface area contributed by atoms with Crippen molar-refractivity contribution >= 4 is 17.0 Å². The summed E-state index contributed by atoms with van der Waals surface area (Å²) in [5, 5.41) is 0. The largest absolute Gasteiger partial charge is 0.382 e. The molecule has 0 saturated carbocycles. The van der Waals surface area contributed by atoms with Gasteiger partial charge in [0.2, 0.25) is 0 Å². The van der Waals surface area contributed by atoms with Crippen molar-refractivity contribution in [2.24, 2.45) is 5.41 Å². The van der Waals surface area contributed by atoms with Crippen LogP contribution >= 0.6 is 0 Å². The van der Waals surface area contributed by atoms with Gasteiger partial charge in [-0.15, -0.1) is 0 Å². The highest BCUT2D eigenvalue weighted by atomic mass is 16.5. The molecule has 0 bridgehead atoms. The highest BCUT2D eigenvalue weighted by Crippen LogP contribution is 2.33. The molecule has 0 radical (unpaired) electrons. The van der Waals surface area contributed by atoms with E-state index in [9.17, 15) is 0 Å². The second kappa shape index (κ2) is 6.21. The summed E-state index contributed by atoms with van der Waals surface area (Å²) in [5.74, 6) is 0.401. The molecule has 0 amide bonds. The van der Waals surface area contributed by atoms with E-state index < -0.39 is 0 Å². The molecule has 1 fully saturated rings. The first-order valence-electron chi connectivity index (χ1n) is 8.88. The van der Waals surface area contributed by atoms with E-state index in [2.05, 4.69) is 61.4 Å². The van der Waals surface area contributed by atoms with Crippen LogP contribution in [0.1, 0.15) is 54.2 Å². The molecule has 3 rings (SSSR count). The van der Waals surface area contributed by atoms with Crippen molar-refractivity contribution in [1.29, 1.82) is 0 Å². The van der Waals surface area contributed by atoms with Crippen LogP contribution in [0, 0.1) is 5.41 Å². The van der Waals surface area contributed by atoms with Crippen LogP contribution in [0.25, 0.3) is 11.2 Å². The molecule has 1 saturated heterocycles. The van der Waals surface area contributed by atoms with Gasteiger partial charge in [-0.25, -0.2) is 15.0 Å². The molecule has 0 spiro atoms. The molecule has 1 aliphatic heterocycles. The van der Waals surface area contributed by atoms with E-state index in [0.717, 1.165) is 25.2 Å². The van der Waals surface area contributed by atoms with Gasteiger partial charge in [0.1, 0.15) is 18.1 Å². The minimum atomic E-state index is -0.139. The molecule has 2 N–H and O–H groups in total. The Morgan fingerprint density at radius 3 is 2.48 bits per heavy atom. The number of nitrogens with zero attached hydrogens (tertiary/aromatic N) is 5. The summed E-state index contributed by atoms with van der Waals surface area (Å²) in [6, 6.07) is 0. The van der Waals surface area contributed by atoms with E-state index in [1.54, 1.807) is 6.33 Å². The zero-order chi connectivity index (χ0) is 18.4. The number of hydrogen-bond acceptors (Lipinski definition) is 6. The second-order valence-electron chi connectivity index (χ2n) is 9.14. The van der Waals surface area contributed by atoms with E-state index in [-0.39, 0.29) is 23.3 Å². The predicted molar refractivity (Wildman–Crippen MR) is 99.0 cm³/mol. The van der Waals surface area contributed by atoms with E-state index in [0.29, 0.717) is 11.3 Å². The first-order valence-corrected chi connectivity index (χ1v) is 8.88. The Morgan fingerprint density at radius 2 is 1.84 bits per heavy atom. The van der Waals surface area contributed by atoms with Gasteiger partial charge in [-0.2, -0.15) is 0 Å². The van der Waals surface area contributed by atoms with Crippen LogP contribution in [0.15, 0.2) is 12.7 Å². The number of aromatic nitrogens is 4. The van der Waals surface area contributed by atoms with Crippen LogP contribution in [0.4, 0.5) is 5.82 Å². The van der Waals surface area contributed by atoms with Crippen molar-refractivity contribution in [3.8, 4) is 0 Å². The van der Waals surface area contributed by atoms with Gasteiger partial charge in [0.05, 0.1) is 12.4 Å². The molecule has 2 atom stereocenters. The SMILES string of the molecule is CC(C)(C)C[C@@H]1CN(C(C)(C)C)C[C@H](n2cnc3c(N)ncnc32)O1. The maximum atomic E-state index is 6.46. The van der Waals surface area contributed by atoms with Crippen molar-refractivity contribution in [2.45, 2.75) is 65.8 Å². The van der Waals surface area contributed by atoms with Gasteiger partial charge in [0.25, 0.3) is 0 Å². The number of nitrogen functional groups attached to an aromatic ring is 1. The van der Waals surface area contributed by atoms with E-state index >= 15 is 0 Å². The number of nitrogens with two attached hydrogens (primary N) is 1. The predicted octanol–water partition coefficient (Wildman–Crippen LogP) is 2.84. The summed E-state index contributed by atoms with van der Waals surface area (Å²) in [7, 11) is 0. The van der Waals surface area contributed by atoms with Crippen LogP contribution in [0.2, 0.25) is 0 Å². The van der Waals surface area contributed by atoms with Gasteiger partial charge in [-0.05, 0) is 32.6 Å². The molecule has 7 heteroatoms. The average Bonchev–Trinajstić information content (AvgIpc) is 2.89. The van der Waals surface area contributed by atoms with E-state index in [4.69, 9.17) is 10.5 Å². The van der Waals surface area contributed by atoms with Gasteiger partial charge >= 0.3 is 0 Å². The Bertz CT molecular complexity index is 742. The fourth-order valence-corrected chi connectivity index (χ4v) is 3.39. The normalized spacial score (nSPS) is 23.3. The lowest BCUT2D eigenvalue weighted by atomic mass is 9.88. The zero-order valence-electron chi connectivity index (χ0n) is 16.2. The summed E-state index contributed by atoms with van der Waals surface area (Å²) >= 11 is 0. The van der Waals surface area contributed by atoms with E-state index in [1.165, 1.54) is 6.33 Å². The third-order valence-electron chi connectivity index (χ3n) is 4.64. The number of anilines is 1. The minimum Gasteiger partial charge on any atom is -0.382 e. The summed E-state index contributed by atoms with van der Waals surface area (Å²) in [5.41, 5.74) is 7.56. The Kier molecular flexibility index (Phi) is 4.49. The first-order chi connectivity index (χ1) is 11.5.